The Hall–Kier alpha value is -3.40. The molecule has 2 heterocycles. The fourth-order valence-corrected chi connectivity index (χ4v) is 5.86. The van der Waals surface area contributed by atoms with Gasteiger partial charge in [-0.15, -0.1) is 0 Å². The van der Waals surface area contributed by atoms with Crippen LogP contribution in [0.5, 0.6) is 0 Å². The number of hydrogen-bond donors (Lipinski definition) is 0. The van der Waals surface area contributed by atoms with Crippen LogP contribution in [0.4, 0.5) is 0 Å². The minimum absolute atomic E-state index is 0.0549. The van der Waals surface area contributed by atoms with Gasteiger partial charge in [0.1, 0.15) is 0 Å². The van der Waals surface area contributed by atoms with E-state index < -0.39 is 0 Å². The van der Waals surface area contributed by atoms with E-state index in [-0.39, 0.29) is 11.8 Å². The van der Waals surface area contributed by atoms with Crippen molar-refractivity contribution in [2.75, 3.05) is 13.1 Å². The van der Waals surface area contributed by atoms with E-state index in [0.29, 0.717) is 36.1 Å². The van der Waals surface area contributed by atoms with Crippen LogP contribution in [-0.2, 0) is 9.59 Å². The smallest absolute Gasteiger partial charge is 0.259 e. The summed E-state index contributed by atoms with van der Waals surface area (Å²) in [5.74, 6) is 0.743. The minimum atomic E-state index is -0.0549. The number of benzene rings is 2. The third-order valence-corrected chi connectivity index (χ3v) is 8.49. The van der Waals surface area contributed by atoms with E-state index in [9.17, 15) is 9.59 Å². The molecule has 2 unspecified atom stereocenters. The number of unbranched alkanes of at least 4 members (excludes halogenated alkanes) is 2. The standard InChI is InChI=1S/C36H46N2O2/c1-5-9-17-27(7-3)25-37-33(29-19-13-11-14-20-29)23-31(35(37)39)32-24-34(30-21-15-12-16-22-30)38(36(32)40)26-28(8-4)18-10-6-2/h11-16,19-24,27-28H,5-10,17-18,25-26H2,1-4H3/b32-31-. The molecular weight excluding hydrogens is 492 g/mol. The van der Waals surface area contributed by atoms with Crippen molar-refractivity contribution in [1.29, 1.82) is 0 Å². The normalized spacial score (nSPS) is 18.8. The Morgan fingerprint density at radius 3 is 1.27 bits per heavy atom. The molecule has 0 spiro atoms. The first kappa shape index (κ1) is 29.6. The summed E-state index contributed by atoms with van der Waals surface area (Å²) < 4.78 is 0. The number of amides is 2. The Morgan fingerprint density at radius 2 is 0.950 bits per heavy atom. The van der Waals surface area contributed by atoms with Crippen LogP contribution in [0.25, 0.3) is 11.4 Å². The molecule has 2 atom stereocenters. The van der Waals surface area contributed by atoms with Crippen molar-refractivity contribution in [3.05, 3.63) is 95.1 Å². The highest BCUT2D eigenvalue weighted by atomic mass is 16.2. The van der Waals surface area contributed by atoms with E-state index >= 15 is 0 Å². The summed E-state index contributed by atoms with van der Waals surface area (Å²) in [6.45, 7) is 10.2. The van der Waals surface area contributed by atoms with Crippen LogP contribution in [0.1, 0.15) is 90.2 Å². The molecule has 4 heteroatoms. The van der Waals surface area contributed by atoms with Crippen LogP contribution in [0, 0.1) is 11.8 Å². The molecule has 4 nitrogen and oxygen atoms in total. The lowest BCUT2D eigenvalue weighted by Crippen LogP contribution is -2.33. The SMILES string of the molecule is CCCCC(CC)CN1C(=O)/C(=C2/C=C(c3ccccc3)N(CC(CC)CCCC)C2=O)C=C1c1ccccc1. The van der Waals surface area contributed by atoms with Crippen molar-refractivity contribution in [3.8, 4) is 0 Å². The Bertz CT molecular complexity index is 1140. The maximum absolute atomic E-state index is 14.1. The molecule has 2 aromatic rings. The topological polar surface area (TPSA) is 40.6 Å². The molecule has 40 heavy (non-hydrogen) atoms. The number of rotatable bonds is 14. The lowest BCUT2D eigenvalue weighted by Gasteiger charge is -2.26. The molecule has 2 aliphatic heterocycles. The number of carbonyl (C=O) groups is 2. The second kappa shape index (κ2) is 14.3. The van der Waals surface area contributed by atoms with Gasteiger partial charge in [0.05, 0.1) is 22.5 Å². The summed E-state index contributed by atoms with van der Waals surface area (Å²) in [5, 5.41) is 0. The van der Waals surface area contributed by atoms with Crippen LogP contribution in [-0.4, -0.2) is 34.7 Å². The van der Waals surface area contributed by atoms with E-state index in [4.69, 9.17) is 0 Å². The Morgan fingerprint density at radius 1 is 0.575 bits per heavy atom. The summed E-state index contributed by atoms with van der Waals surface area (Å²) in [7, 11) is 0. The van der Waals surface area contributed by atoms with Crippen LogP contribution < -0.4 is 0 Å². The van der Waals surface area contributed by atoms with Crippen molar-refractivity contribution < 1.29 is 9.59 Å². The molecule has 4 rings (SSSR count). The van der Waals surface area contributed by atoms with Gasteiger partial charge in [-0.05, 0) is 48.0 Å². The number of nitrogens with zero attached hydrogens (tertiary/aromatic N) is 2. The fraction of sp³-hybridized carbons (Fsp3) is 0.444. The van der Waals surface area contributed by atoms with Crippen molar-refractivity contribution in [3.63, 3.8) is 0 Å². The molecular formula is C36H46N2O2. The molecule has 0 aromatic heterocycles. The van der Waals surface area contributed by atoms with Crippen LogP contribution in [0.3, 0.4) is 0 Å². The van der Waals surface area contributed by atoms with E-state index in [0.717, 1.165) is 73.9 Å². The van der Waals surface area contributed by atoms with Gasteiger partial charge in [-0.25, -0.2) is 0 Å². The van der Waals surface area contributed by atoms with Gasteiger partial charge < -0.3 is 9.80 Å². The summed E-state index contributed by atoms with van der Waals surface area (Å²) >= 11 is 0. The highest BCUT2D eigenvalue weighted by molar-refractivity contribution is 6.18. The van der Waals surface area contributed by atoms with Gasteiger partial charge in [-0.3, -0.25) is 9.59 Å². The second-order valence-corrected chi connectivity index (χ2v) is 11.3. The first-order valence-corrected chi connectivity index (χ1v) is 15.4. The predicted molar refractivity (Wildman–Crippen MR) is 166 cm³/mol. The van der Waals surface area contributed by atoms with E-state index in [2.05, 4.69) is 52.0 Å². The van der Waals surface area contributed by atoms with Gasteiger partial charge in [0, 0.05) is 13.1 Å². The lowest BCUT2D eigenvalue weighted by molar-refractivity contribution is -0.126. The van der Waals surface area contributed by atoms with Gasteiger partial charge in [0.25, 0.3) is 11.8 Å². The minimum Gasteiger partial charge on any atom is -0.307 e. The molecule has 0 aliphatic carbocycles. The molecule has 0 saturated heterocycles. The predicted octanol–water partition coefficient (Wildman–Crippen LogP) is 8.48. The average Bonchev–Trinajstić information content (AvgIpc) is 3.49. The van der Waals surface area contributed by atoms with Gasteiger partial charge in [-0.2, -0.15) is 0 Å². The third kappa shape index (κ3) is 6.66. The lowest BCUT2D eigenvalue weighted by atomic mass is 9.98. The second-order valence-electron chi connectivity index (χ2n) is 11.3. The average molecular weight is 539 g/mol. The van der Waals surface area contributed by atoms with Crippen LogP contribution >= 0.6 is 0 Å². The zero-order valence-electron chi connectivity index (χ0n) is 24.9. The molecule has 2 aromatic carbocycles. The maximum Gasteiger partial charge on any atom is 0.259 e. The summed E-state index contributed by atoms with van der Waals surface area (Å²) in [5.41, 5.74) is 4.86. The summed E-state index contributed by atoms with van der Waals surface area (Å²) in [4.78, 5) is 32.1. The van der Waals surface area contributed by atoms with E-state index in [1.807, 2.05) is 58.4 Å². The fourth-order valence-electron chi connectivity index (χ4n) is 5.86. The highest BCUT2D eigenvalue weighted by Crippen LogP contribution is 2.38. The molecule has 0 saturated carbocycles. The molecule has 2 aliphatic rings. The summed E-state index contributed by atoms with van der Waals surface area (Å²) in [6, 6.07) is 20.3. The van der Waals surface area contributed by atoms with Crippen molar-refractivity contribution >= 4 is 23.2 Å². The molecule has 0 N–H and O–H groups in total. The van der Waals surface area contributed by atoms with Gasteiger partial charge >= 0.3 is 0 Å². The molecule has 212 valence electrons. The molecule has 0 radical (unpaired) electrons. The van der Waals surface area contributed by atoms with Crippen LogP contribution in [0.15, 0.2) is 84.0 Å². The van der Waals surface area contributed by atoms with Crippen molar-refractivity contribution in [2.24, 2.45) is 11.8 Å². The number of hydrogen-bond acceptors (Lipinski definition) is 2. The Kier molecular flexibility index (Phi) is 10.6. The van der Waals surface area contributed by atoms with Gasteiger partial charge in [0.2, 0.25) is 0 Å². The summed E-state index contributed by atoms with van der Waals surface area (Å²) in [6.07, 6.45) is 12.8. The van der Waals surface area contributed by atoms with Crippen molar-refractivity contribution in [1.82, 2.24) is 9.80 Å². The van der Waals surface area contributed by atoms with E-state index in [1.54, 1.807) is 0 Å². The molecule has 0 bridgehead atoms. The first-order chi connectivity index (χ1) is 19.5. The Balaban J connectivity index is 1.77. The molecule has 0 fully saturated rings. The first-order valence-electron chi connectivity index (χ1n) is 15.4. The Labute approximate surface area is 241 Å². The molecule has 2 amide bonds. The maximum atomic E-state index is 14.1. The van der Waals surface area contributed by atoms with Gasteiger partial charge in [-0.1, -0.05) is 127 Å². The quantitative estimate of drug-likeness (QED) is 0.226. The monoisotopic (exact) mass is 538 g/mol. The largest absolute Gasteiger partial charge is 0.307 e. The van der Waals surface area contributed by atoms with Crippen molar-refractivity contribution in [2.45, 2.75) is 79.1 Å². The zero-order chi connectivity index (χ0) is 28.5. The highest BCUT2D eigenvalue weighted by Gasteiger charge is 2.38. The van der Waals surface area contributed by atoms with Crippen LogP contribution in [0.2, 0.25) is 0 Å². The van der Waals surface area contributed by atoms with E-state index in [1.165, 1.54) is 0 Å². The number of carbonyl (C=O) groups excluding carboxylic acids is 2. The third-order valence-electron chi connectivity index (χ3n) is 8.49. The zero-order valence-corrected chi connectivity index (χ0v) is 24.9. The van der Waals surface area contributed by atoms with Gasteiger partial charge in [0.15, 0.2) is 0 Å².